The Kier molecular flexibility index (Phi) is 4.18. The molecule has 1 amide bonds. The molecule has 2 fully saturated rings. The molecule has 2 rings (SSSR count). The molecular formula is C12H22N2O2. The van der Waals surface area contributed by atoms with E-state index < -0.39 is 0 Å². The van der Waals surface area contributed by atoms with Crippen molar-refractivity contribution in [2.24, 2.45) is 5.92 Å². The Morgan fingerprint density at radius 1 is 1.44 bits per heavy atom. The molecule has 92 valence electrons. The van der Waals surface area contributed by atoms with Crippen LogP contribution < -0.4 is 5.32 Å². The lowest BCUT2D eigenvalue weighted by Crippen LogP contribution is -2.43. The van der Waals surface area contributed by atoms with Crippen LogP contribution in [0.4, 0.5) is 0 Å². The summed E-state index contributed by atoms with van der Waals surface area (Å²) in [6.45, 7) is 6.25. The molecule has 0 aliphatic carbocycles. The number of likely N-dealkylation sites (tertiary alicyclic amines) is 1. The summed E-state index contributed by atoms with van der Waals surface area (Å²) < 4.78 is 5.72. The maximum absolute atomic E-state index is 11.8. The second-order valence-corrected chi connectivity index (χ2v) is 4.91. The number of nitrogens with zero attached hydrogens (tertiary/aromatic N) is 1. The van der Waals surface area contributed by atoms with Gasteiger partial charge < -0.3 is 15.0 Å². The Morgan fingerprint density at radius 2 is 2.19 bits per heavy atom. The van der Waals surface area contributed by atoms with Gasteiger partial charge in [-0.25, -0.2) is 0 Å². The van der Waals surface area contributed by atoms with Crippen molar-refractivity contribution in [3.05, 3.63) is 0 Å². The molecule has 2 unspecified atom stereocenters. The quantitative estimate of drug-likeness (QED) is 0.767. The maximum atomic E-state index is 11.8. The van der Waals surface area contributed by atoms with E-state index in [2.05, 4.69) is 12.2 Å². The first-order valence-electron chi connectivity index (χ1n) is 6.37. The van der Waals surface area contributed by atoms with Crippen LogP contribution in [0.15, 0.2) is 0 Å². The third-order valence-corrected chi connectivity index (χ3v) is 3.64. The number of hydrogen-bond donors (Lipinski definition) is 1. The minimum atomic E-state index is 0.162. The Bertz CT molecular complexity index is 239. The molecule has 0 radical (unpaired) electrons. The molecule has 0 aromatic carbocycles. The Morgan fingerprint density at radius 3 is 2.88 bits per heavy atom. The minimum Gasteiger partial charge on any atom is -0.367 e. The molecule has 2 heterocycles. The second kappa shape index (κ2) is 5.64. The highest BCUT2D eigenvalue weighted by molar-refractivity contribution is 5.77. The lowest BCUT2D eigenvalue weighted by atomic mass is 9.97. The van der Waals surface area contributed by atoms with Gasteiger partial charge in [-0.3, -0.25) is 4.79 Å². The predicted molar refractivity (Wildman–Crippen MR) is 62.2 cm³/mol. The molecule has 0 aromatic heterocycles. The largest absolute Gasteiger partial charge is 0.367 e. The molecule has 2 aliphatic rings. The van der Waals surface area contributed by atoms with Gasteiger partial charge in [0, 0.05) is 19.6 Å². The van der Waals surface area contributed by atoms with Crippen LogP contribution in [0.25, 0.3) is 0 Å². The normalized spacial score (nSPS) is 30.7. The van der Waals surface area contributed by atoms with E-state index in [9.17, 15) is 4.79 Å². The van der Waals surface area contributed by atoms with E-state index in [1.165, 1.54) is 0 Å². The first-order chi connectivity index (χ1) is 7.77. The van der Waals surface area contributed by atoms with Crippen LogP contribution in [0.1, 0.15) is 26.2 Å². The molecule has 1 N–H and O–H groups in total. The van der Waals surface area contributed by atoms with Crippen LogP contribution in [0.2, 0.25) is 0 Å². The zero-order valence-corrected chi connectivity index (χ0v) is 10.1. The fraction of sp³-hybridized carbons (Fsp3) is 0.917. The van der Waals surface area contributed by atoms with Gasteiger partial charge in [0.25, 0.3) is 0 Å². The van der Waals surface area contributed by atoms with Crippen LogP contribution in [-0.4, -0.2) is 49.7 Å². The van der Waals surface area contributed by atoms with Gasteiger partial charge >= 0.3 is 0 Å². The highest BCUT2D eigenvalue weighted by Crippen LogP contribution is 2.15. The number of piperidine rings is 1. The average Bonchev–Trinajstić information content (AvgIpc) is 2.81. The van der Waals surface area contributed by atoms with Gasteiger partial charge in [0.05, 0.1) is 6.10 Å². The van der Waals surface area contributed by atoms with Crippen molar-refractivity contribution in [3.63, 3.8) is 0 Å². The van der Waals surface area contributed by atoms with Crippen molar-refractivity contribution in [2.75, 3.05) is 32.8 Å². The van der Waals surface area contributed by atoms with E-state index in [-0.39, 0.29) is 18.6 Å². The van der Waals surface area contributed by atoms with Crippen LogP contribution in [0.3, 0.4) is 0 Å². The van der Waals surface area contributed by atoms with Crippen molar-refractivity contribution in [1.29, 1.82) is 0 Å². The van der Waals surface area contributed by atoms with Crippen molar-refractivity contribution in [1.82, 2.24) is 10.2 Å². The van der Waals surface area contributed by atoms with Gasteiger partial charge in [0.2, 0.25) is 5.91 Å². The molecule has 0 saturated carbocycles. The molecular weight excluding hydrogens is 204 g/mol. The van der Waals surface area contributed by atoms with E-state index in [1.54, 1.807) is 0 Å². The first-order valence-corrected chi connectivity index (χ1v) is 6.37. The smallest absolute Gasteiger partial charge is 0.248 e. The van der Waals surface area contributed by atoms with Crippen LogP contribution in [0.5, 0.6) is 0 Å². The summed E-state index contributed by atoms with van der Waals surface area (Å²) in [5.74, 6) is 0.725. The Labute approximate surface area is 97.3 Å². The summed E-state index contributed by atoms with van der Waals surface area (Å²) in [4.78, 5) is 13.7. The van der Waals surface area contributed by atoms with E-state index in [4.69, 9.17) is 4.74 Å². The first kappa shape index (κ1) is 11.9. The topological polar surface area (TPSA) is 41.6 Å². The third-order valence-electron chi connectivity index (χ3n) is 3.64. The van der Waals surface area contributed by atoms with Crippen LogP contribution >= 0.6 is 0 Å². The van der Waals surface area contributed by atoms with Gasteiger partial charge in [-0.1, -0.05) is 6.92 Å². The molecule has 4 heteroatoms. The van der Waals surface area contributed by atoms with Crippen molar-refractivity contribution >= 4 is 5.91 Å². The third kappa shape index (κ3) is 2.95. The Hall–Kier alpha value is -0.610. The number of ether oxygens (including phenoxy) is 1. The summed E-state index contributed by atoms with van der Waals surface area (Å²) in [6.07, 6.45) is 3.64. The summed E-state index contributed by atoms with van der Waals surface area (Å²) in [6, 6.07) is 0. The highest BCUT2D eigenvalue weighted by atomic mass is 16.5. The number of hydrogen-bond acceptors (Lipinski definition) is 3. The van der Waals surface area contributed by atoms with E-state index in [1.807, 2.05) is 4.90 Å². The molecule has 2 atom stereocenters. The second-order valence-electron chi connectivity index (χ2n) is 4.91. The van der Waals surface area contributed by atoms with Gasteiger partial charge in [0.15, 0.2) is 0 Å². The lowest BCUT2D eigenvalue weighted by Gasteiger charge is -2.29. The summed E-state index contributed by atoms with van der Waals surface area (Å²) in [7, 11) is 0. The van der Waals surface area contributed by atoms with E-state index in [0.717, 1.165) is 45.4 Å². The van der Waals surface area contributed by atoms with Gasteiger partial charge in [-0.05, 0) is 31.7 Å². The SMILES string of the molecule is CC1CCNCC1OCC(=O)N1CCCC1. The van der Waals surface area contributed by atoms with Crippen molar-refractivity contribution in [3.8, 4) is 0 Å². The maximum Gasteiger partial charge on any atom is 0.248 e. The minimum absolute atomic E-state index is 0.162. The summed E-state index contributed by atoms with van der Waals surface area (Å²) in [5.41, 5.74) is 0. The van der Waals surface area contributed by atoms with E-state index >= 15 is 0 Å². The summed E-state index contributed by atoms with van der Waals surface area (Å²) >= 11 is 0. The van der Waals surface area contributed by atoms with Crippen molar-refractivity contribution in [2.45, 2.75) is 32.3 Å². The molecule has 0 spiro atoms. The number of carbonyl (C=O) groups excluding carboxylic acids is 1. The van der Waals surface area contributed by atoms with Gasteiger partial charge in [-0.15, -0.1) is 0 Å². The monoisotopic (exact) mass is 226 g/mol. The number of carbonyl (C=O) groups is 1. The van der Waals surface area contributed by atoms with Crippen LogP contribution in [0, 0.1) is 5.92 Å². The fourth-order valence-corrected chi connectivity index (χ4v) is 2.42. The zero-order valence-electron chi connectivity index (χ0n) is 10.1. The van der Waals surface area contributed by atoms with Gasteiger partial charge in [-0.2, -0.15) is 0 Å². The molecule has 2 aliphatic heterocycles. The van der Waals surface area contributed by atoms with Gasteiger partial charge in [0.1, 0.15) is 6.61 Å². The molecule has 16 heavy (non-hydrogen) atoms. The predicted octanol–water partition coefficient (Wildman–Crippen LogP) is 0.623. The van der Waals surface area contributed by atoms with Crippen LogP contribution in [-0.2, 0) is 9.53 Å². The standard InChI is InChI=1S/C12H22N2O2/c1-10-4-5-13-8-11(10)16-9-12(15)14-6-2-3-7-14/h10-11,13H,2-9H2,1H3. The number of rotatable bonds is 3. The highest BCUT2D eigenvalue weighted by Gasteiger charge is 2.24. The lowest BCUT2D eigenvalue weighted by molar-refractivity contribution is -0.138. The number of amides is 1. The zero-order chi connectivity index (χ0) is 11.4. The molecule has 2 saturated heterocycles. The Balaban J connectivity index is 1.71. The average molecular weight is 226 g/mol. The molecule has 0 bridgehead atoms. The summed E-state index contributed by atoms with van der Waals surface area (Å²) in [5, 5.41) is 3.31. The molecule has 0 aromatic rings. The van der Waals surface area contributed by atoms with Crippen molar-refractivity contribution < 1.29 is 9.53 Å². The molecule has 4 nitrogen and oxygen atoms in total. The fourth-order valence-electron chi connectivity index (χ4n) is 2.42. The number of nitrogens with one attached hydrogen (secondary N) is 1. The van der Waals surface area contributed by atoms with E-state index in [0.29, 0.717) is 5.92 Å².